The van der Waals surface area contributed by atoms with Crippen LogP contribution in [-0.4, -0.2) is 30.6 Å². The highest BCUT2D eigenvalue weighted by atomic mass is 35.5. The van der Waals surface area contributed by atoms with Gasteiger partial charge in [0, 0.05) is 5.02 Å². The molecule has 1 aliphatic rings. The van der Waals surface area contributed by atoms with E-state index in [2.05, 4.69) is 11.8 Å². The number of rotatable bonds is 5. The third kappa shape index (κ3) is 3.98. The zero-order chi connectivity index (χ0) is 15.3. The number of likely N-dealkylation sites (tertiary alicyclic amines) is 1. The largest absolute Gasteiger partial charge is 0.466 e. The number of nitrogens with zero attached hydrogens (tertiary/aromatic N) is 1. The normalized spacial score (nSPS) is 19.0. The number of halogens is 1. The van der Waals surface area contributed by atoms with E-state index in [1.165, 1.54) is 19.3 Å². The fourth-order valence-corrected chi connectivity index (χ4v) is 3.21. The van der Waals surface area contributed by atoms with Gasteiger partial charge in [-0.05, 0) is 57.5 Å². The quantitative estimate of drug-likeness (QED) is 0.770. The van der Waals surface area contributed by atoms with Crippen LogP contribution in [0.15, 0.2) is 24.3 Å². The second kappa shape index (κ2) is 7.28. The van der Waals surface area contributed by atoms with E-state index in [-0.39, 0.29) is 11.5 Å². The molecule has 0 radical (unpaired) electrons. The van der Waals surface area contributed by atoms with Crippen molar-refractivity contribution in [1.29, 1.82) is 0 Å². The van der Waals surface area contributed by atoms with Gasteiger partial charge in [-0.15, -0.1) is 0 Å². The second-order valence-corrected chi connectivity index (χ2v) is 6.25. The first-order valence-electron chi connectivity index (χ1n) is 7.73. The van der Waals surface area contributed by atoms with Crippen LogP contribution in [0.4, 0.5) is 0 Å². The Bertz CT molecular complexity index is 468. The molecule has 1 atom stereocenters. The maximum absolute atomic E-state index is 12.1. The summed E-state index contributed by atoms with van der Waals surface area (Å²) >= 11 is 6.00. The molecule has 0 spiro atoms. The van der Waals surface area contributed by atoms with Gasteiger partial charge in [-0.1, -0.05) is 30.2 Å². The molecule has 0 saturated carbocycles. The van der Waals surface area contributed by atoms with E-state index in [9.17, 15) is 4.79 Å². The predicted molar refractivity (Wildman–Crippen MR) is 85.5 cm³/mol. The first-order chi connectivity index (χ1) is 10.1. The molecule has 3 nitrogen and oxygen atoms in total. The Morgan fingerprint density at radius 2 is 1.86 bits per heavy atom. The summed E-state index contributed by atoms with van der Waals surface area (Å²) in [6, 6.07) is 7.83. The predicted octanol–water partition coefficient (Wildman–Crippen LogP) is 3.99. The number of carbonyl (C=O) groups excluding carboxylic acids is 1. The Balaban J connectivity index is 2.27. The molecule has 1 unspecified atom stereocenters. The lowest BCUT2D eigenvalue weighted by atomic mass is 9.85. The summed E-state index contributed by atoms with van der Waals surface area (Å²) in [4.78, 5) is 14.5. The van der Waals surface area contributed by atoms with Gasteiger partial charge in [0.25, 0.3) is 0 Å². The van der Waals surface area contributed by atoms with E-state index in [0.29, 0.717) is 13.0 Å². The molecule has 0 aromatic heterocycles. The molecule has 21 heavy (non-hydrogen) atoms. The van der Waals surface area contributed by atoms with Gasteiger partial charge in [-0.25, -0.2) is 0 Å². The zero-order valence-corrected chi connectivity index (χ0v) is 13.7. The van der Waals surface area contributed by atoms with Crippen molar-refractivity contribution in [1.82, 2.24) is 4.90 Å². The van der Waals surface area contributed by atoms with Crippen molar-refractivity contribution in [2.45, 2.75) is 45.1 Å². The molecule has 2 rings (SSSR count). The summed E-state index contributed by atoms with van der Waals surface area (Å²) in [5.41, 5.74) is 0.805. The van der Waals surface area contributed by atoms with Crippen molar-refractivity contribution in [2.75, 3.05) is 19.7 Å². The zero-order valence-electron chi connectivity index (χ0n) is 12.9. The molecule has 1 fully saturated rings. The number of ether oxygens (including phenoxy) is 1. The summed E-state index contributed by atoms with van der Waals surface area (Å²) in [5.74, 6) is -0.138. The van der Waals surface area contributed by atoms with Crippen LogP contribution >= 0.6 is 11.6 Å². The van der Waals surface area contributed by atoms with Crippen molar-refractivity contribution in [3.8, 4) is 0 Å². The Morgan fingerprint density at radius 1 is 1.24 bits per heavy atom. The van der Waals surface area contributed by atoms with Crippen LogP contribution < -0.4 is 0 Å². The van der Waals surface area contributed by atoms with Gasteiger partial charge in [-0.3, -0.25) is 9.69 Å². The Hall–Kier alpha value is -1.06. The molecule has 116 valence electrons. The Morgan fingerprint density at radius 3 is 2.43 bits per heavy atom. The number of hydrogen-bond donors (Lipinski definition) is 0. The number of benzene rings is 1. The monoisotopic (exact) mass is 309 g/mol. The first kappa shape index (κ1) is 16.3. The minimum atomic E-state index is -0.322. The molecule has 1 saturated heterocycles. The van der Waals surface area contributed by atoms with E-state index in [4.69, 9.17) is 16.3 Å². The molecule has 0 bridgehead atoms. The highest BCUT2D eigenvalue weighted by molar-refractivity contribution is 6.30. The van der Waals surface area contributed by atoms with Crippen molar-refractivity contribution in [3.05, 3.63) is 34.9 Å². The van der Waals surface area contributed by atoms with Crippen molar-refractivity contribution >= 4 is 17.6 Å². The third-order valence-electron chi connectivity index (χ3n) is 4.31. The number of hydrogen-bond acceptors (Lipinski definition) is 3. The van der Waals surface area contributed by atoms with E-state index in [1.54, 1.807) is 0 Å². The van der Waals surface area contributed by atoms with Crippen molar-refractivity contribution in [2.24, 2.45) is 0 Å². The number of esters is 1. The number of carbonyl (C=O) groups is 1. The van der Waals surface area contributed by atoms with Crippen LogP contribution in [0.1, 0.15) is 45.1 Å². The molecule has 0 N–H and O–H groups in total. The minimum Gasteiger partial charge on any atom is -0.466 e. The average molecular weight is 310 g/mol. The average Bonchev–Trinajstić information content (AvgIpc) is 2.49. The highest BCUT2D eigenvalue weighted by Crippen LogP contribution is 2.35. The fraction of sp³-hybridized carbons (Fsp3) is 0.588. The van der Waals surface area contributed by atoms with E-state index >= 15 is 0 Å². The SMILES string of the molecule is CCOC(=O)CC(C)(c1ccc(Cl)cc1)N1CCCCC1. The van der Waals surface area contributed by atoms with Gasteiger partial charge in [0.2, 0.25) is 0 Å². The van der Waals surface area contributed by atoms with E-state index in [1.807, 2.05) is 31.2 Å². The third-order valence-corrected chi connectivity index (χ3v) is 4.57. The van der Waals surface area contributed by atoms with Crippen LogP contribution in [-0.2, 0) is 15.1 Å². The second-order valence-electron chi connectivity index (χ2n) is 5.81. The molecule has 0 aliphatic carbocycles. The van der Waals surface area contributed by atoms with Gasteiger partial charge < -0.3 is 4.74 Å². The highest BCUT2D eigenvalue weighted by Gasteiger charge is 2.37. The van der Waals surface area contributed by atoms with Gasteiger partial charge >= 0.3 is 5.97 Å². The van der Waals surface area contributed by atoms with E-state index < -0.39 is 0 Å². The maximum atomic E-state index is 12.1. The fourth-order valence-electron chi connectivity index (χ4n) is 3.09. The molecule has 1 aromatic carbocycles. The lowest BCUT2D eigenvalue weighted by Gasteiger charge is -2.43. The van der Waals surface area contributed by atoms with Crippen LogP contribution in [0.3, 0.4) is 0 Å². The van der Waals surface area contributed by atoms with Crippen LogP contribution in [0.2, 0.25) is 5.02 Å². The summed E-state index contributed by atoms with van der Waals surface area (Å²) in [7, 11) is 0. The van der Waals surface area contributed by atoms with Gasteiger partial charge in [0.05, 0.1) is 18.6 Å². The van der Waals surface area contributed by atoms with Gasteiger partial charge in [-0.2, -0.15) is 0 Å². The molecule has 0 amide bonds. The molecular weight excluding hydrogens is 286 g/mol. The summed E-state index contributed by atoms with van der Waals surface area (Å²) in [6.07, 6.45) is 4.02. The summed E-state index contributed by atoms with van der Waals surface area (Å²) in [6.45, 7) is 6.46. The Kier molecular flexibility index (Phi) is 5.65. The standard InChI is InChI=1S/C17H24ClNO2/c1-3-21-16(20)13-17(2,19-11-5-4-6-12-19)14-7-9-15(18)10-8-14/h7-10H,3-6,11-13H2,1-2H3. The molecule has 1 heterocycles. The van der Waals surface area contributed by atoms with Gasteiger partial charge in [0.15, 0.2) is 0 Å². The number of piperidine rings is 1. The topological polar surface area (TPSA) is 29.5 Å². The van der Waals surface area contributed by atoms with E-state index in [0.717, 1.165) is 23.7 Å². The lowest BCUT2D eigenvalue weighted by Crippen LogP contribution is -2.48. The van der Waals surface area contributed by atoms with Crippen LogP contribution in [0.25, 0.3) is 0 Å². The summed E-state index contributed by atoms with van der Waals surface area (Å²) < 4.78 is 5.18. The molecule has 4 heteroatoms. The Labute approximate surface area is 132 Å². The summed E-state index contributed by atoms with van der Waals surface area (Å²) in [5, 5.41) is 0.718. The van der Waals surface area contributed by atoms with Crippen molar-refractivity contribution in [3.63, 3.8) is 0 Å². The van der Waals surface area contributed by atoms with Crippen molar-refractivity contribution < 1.29 is 9.53 Å². The van der Waals surface area contributed by atoms with Crippen LogP contribution in [0, 0.1) is 0 Å². The lowest BCUT2D eigenvalue weighted by molar-refractivity contribution is -0.146. The maximum Gasteiger partial charge on any atom is 0.307 e. The molecule has 1 aromatic rings. The smallest absolute Gasteiger partial charge is 0.307 e. The molecule has 1 aliphatic heterocycles. The first-order valence-corrected chi connectivity index (χ1v) is 8.11. The van der Waals surface area contributed by atoms with Gasteiger partial charge in [0.1, 0.15) is 0 Å². The van der Waals surface area contributed by atoms with Crippen LogP contribution in [0.5, 0.6) is 0 Å². The minimum absolute atomic E-state index is 0.138. The molecular formula is C17H24ClNO2.